The average Bonchev–Trinajstić information content (AvgIpc) is 3.06. The fourth-order valence-electron chi connectivity index (χ4n) is 2.05. The predicted molar refractivity (Wildman–Crippen MR) is 90.5 cm³/mol. The van der Waals surface area contributed by atoms with Crippen molar-refractivity contribution in [2.45, 2.75) is 6.42 Å². The molecule has 0 spiro atoms. The molecule has 0 unspecified atom stereocenters. The normalized spacial score (nSPS) is 10.9. The number of hydrogen-bond acceptors (Lipinski definition) is 6. The Morgan fingerprint density at radius 3 is 2.90 bits per heavy atom. The molecule has 0 saturated heterocycles. The van der Waals surface area contributed by atoms with Crippen molar-refractivity contribution >= 4 is 60.2 Å². The average molecular weight is 384 g/mol. The Morgan fingerprint density at radius 2 is 2.19 bits per heavy atom. The highest BCUT2D eigenvalue weighted by Gasteiger charge is 2.20. The summed E-state index contributed by atoms with van der Waals surface area (Å²) in [7, 11) is 0. The molecule has 0 fully saturated rings. The van der Waals surface area contributed by atoms with Crippen LogP contribution in [-0.4, -0.2) is 16.5 Å². The van der Waals surface area contributed by atoms with E-state index in [2.05, 4.69) is 32.3 Å². The van der Waals surface area contributed by atoms with Gasteiger partial charge in [0.1, 0.15) is 5.69 Å². The van der Waals surface area contributed by atoms with Crippen LogP contribution in [0.3, 0.4) is 0 Å². The lowest BCUT2D eigenvalue weighted by atomic mass is 10.2. The van der Waals surface area contributed by atoms with Crippen molar-refractivity contribution in [3.05, 3.63) is 48.6 Å². The van der Waals surface area contributed by atoms with Gasteiger partial charge in [-0.15, -0.1) is 22.7 Å². The first-order valence-corrected chi connectivity index (χ1v) is 8.63. The number of halogens is 1. The Morgan fingerprint density at radius 1 is 1.33 bits per heavy atom. The first kappa shape index (κ1) is 14.4. The van der Waals surface area contributed by atoms with E-state index in [-0.39, 0.29) is 10.6 Å². The molecule has 8 heteroatoms. The maximum absolute atomic E-state index is 11.3. The highest BCUT2D eigenvalue weighted by atomic mass is 79.9. The molecular formula is C13H10BrN3O2S2. The minimum absolute atomic E-state index is 0.0566. The number of nitrogens with one attached hydrogen (secondary N) is 1. The summed E-state index contributed by atoms with van der Waals surface area (Å²) in [5.74, 6) is 0. The number of benzene rings is 1. The van der Waals surface area contributed by atoms with Crippen molar-refractivity contribution in [2.75, 3.05) is 11.9 Å². The van der Waals surface area contributed by atoms with Gasteiger partial charge in [-0.25, -0.2) is 4.98 Å². The Balaban J connectivity index is 1.80. The molecule has 1 aromatic carbocycles. The van der Waals surface area contributed by atoms with Gasteiger partial charge in [-0.2, -0.15) is 0 Å². The lowest BCUT2D eigenvalue weighted by Gasteiger charge is -2.06. The van der Waals surface area contributed by atoms with Crippen molar-refractivity contribution in [3.8, 4) is 0 Å². The van der Waals surface area contributed by atoms with E-state index in [1.165, 1.54) is 16.2 Å². The maximum Gasteiger partial charge on any atom is 0.319 e. The van der Waals surface area contributed by atoms with Gasteiger partial charge >= 0.3 is 5.69 Å². The molecule has 5 nitrogen and oxygen atoms in total. The van der Waals surface area contributed by atoms with Crippen LogP contribution in [0.4, 0.5) is 11.4 Å². The van der Waals surface area contributed by atoms with Gasteiger partial charge in [-0.05, 0) is 46.6 Å². The van der Waals surface area contributed by atoms with E-state index in [4.69, 9.17) is 0 Å². The second-order valence-corrected chi connectivity index (χ2v) is 7.73. The number of thiophene rings is 1. The summed E-state index contributed by atoms with van der Waals surface area (Å²) in [5, 5.41) is 14.4. The number of anilines is 1. The standard InChI is InChI=1S/C13H10BrN3O2S2/c14-11-4-1-8(21-11)5-6-15-9-2-3-10-12(16-7-20-10)13(9)17(18)19/h1-4,7,15H,5-6H2. The highest BCUT2D eigenvalue weighted by molar-refractivity contribution is 9.11. The smallest absolute Gasteiger partial charge is 0.319 e. The van der Waals surface area contributed by atoms with Crippen molar-refractivity contribution in [3.63, 3.8) is 0 Å². The molecule has 2 heterocycles. The summed E-state index contributed by atoms with van der Waals surface area (Å²) in [6.45, 7) is 0.642. The number of rotatable bonds is 5. The molecule has 2 aromatic heterocycles. The Labute approximate surface area is 136 Å². The number of nitro benzene ring substituents is 1. The van der Waals surface area contributed by atoms with E-state index in [1.807, 2.05) is 12.1 Å². The number of hydrogen-bond donors (Lipinski definition) is 1. The number of fused-ring (bicyclic) bond motifs is 1. The van der Waals surface area contributed by atoms with Crippen molar-refractivity contribution in [1.29, 1.82) is 0 Å². The zero-order valence-corrected chi connectivity index (χ0v) is 13.9. The molecule has 1 N–H and O–H groups in total. The van der Waals surface area contributed by atoms with Crippen LogP contribution in [0.1, 0.15) is 4.88 Å². The molecule has 3 aromatic rings. The van der Waals surface area contributed by atoms with E-state index < -0.39 is 0 Å². The molecule has 0 atom stereocenters. The van der Waals surface area contributed by atoms with Gasteiger partial charge in [0.05, 0.1) is 18.9 Å². The van der Waals surface area contributed by atoms with Crippen LogP contribution in [0.15, 0.2) is 33.6 Å². The summed E-state index contributed by atoms with van der Waals surface area (Å²) < 4.78 is 1.92. The first-order valence-electron chi connectivity index (χ1n) is 6.14. The van der Waals surface area contributed by atoms with Gasteiger partial charge < -0.3 is 5.32 Å². The zero-order valence-electron chi connectivity index (χ0n) is 10.7. The van der Waals surface area contributed by atoms with Gasteiger partial charge in [0, 0.05) is 11.4 Å². The molecule has 21 heavy (non-hydrogen) atoms. The minimum Gasteiger partial charge on any atom is -0.379 e. The predicted octanol–water partition coefficient (Wildman–Crippen LogP) is 4.68. The van der Waals surface area contributed by atoms with Crippen LogP contribution in [0.2, 0.25) is 0 Å². The summed E-state index contributed by atoms with van der Waals surface area (Å²) >= 11 is 6.50. The topological polar surface area (TPSA) is 68.1 Å². The lowest BCUT2D eigenvalue weighted by molar-refractivity contribution is -0.382. The van der Waals surface area contributed by atoms with E-state index in [0.29, 0.717) is 17.7 Å². The third kappa shape index (κ3) is 3.07. The quantitative estimate of drug-likeness (QED) is 0.512. The zero-order chi connectivity index (χ0) is 14.8. The molecular weight excluding hydrogens is 374 g/mol. The molecule has 0 aliphatic rings. The Bertz CT molecular complexity index is 800. The van der Waals surface area contributed by atoms with E-state index >= 15 is 0 Å². The lowest BCUT2D eigenvalue weighted by Crippen LogP contribution is -2.06. The van der Waals surface area contributed by atoms with Gasteiger partial charge in [0.15, 0.2) is 5.52 Å². The van der Waals surface area contributed by atoms with Crippen LogP contribution < -0.4 is 5.32 Å². The Kier molecular flexibility index (Phi) is 4.18. The third-order valence-corrected chi connectivity index (χ3v) is 5.45. The van der Waals surface area contributed by atoms with Gasteiger partial charge in [-0.1, -0.05) is 0 Å². The van der Waals surface area contributed by atoms with Gasteiger partial charge in [0.2, 0.25) is 0 Å². The van der Waals surface area contributed by atoms with Gasteiger partial charge in [-0.3, -0.25) is 10.1 Å². The summed E-state index contributed by atoms with van der Waals surface area (Å²) in [4.78, 5) is 16.3. The first-order chi connectivity index (χ1) is 10.1. The van der Waals surface area contributed by atoms with Gasteiger partial charge in [0.25, 0.3) is 0 Å². The fraction of sp³-hybridized carbons (Fsp3) is 0.154. The SMILES string of the molecule is O=[N+]([O-])c1c(NCCc2ccc(Br)s2)ccc2scnc12. The van der Waals surface area contributed by atoms with E-state index in [0.717, 1.165) is 14.9 Å². The maximum atomic E-state index is 11.3. The van der Waals surface area contributed by atoms with Crippen LogP contribution in [0.25, 0.3) is 10.2 Å². The molecule has 3 rings (SSSR count). The van der Waals surface area contributed by atoms with Crippen LogP contribution in [0.5, 0.6) is 0 Å². The second-order valence-electron chi connectivity index (χ2n) is 4.30. The Hall–Kier alpha value is -1.51. The fourth-order valence-corrected chi connectivity index (χ4v) is 4.21. The van der Waals surface area contributed by atoms with Crippen molar-refractivity contribution < 1.29 is 4.92 Å². The number of aromatic nitrogens is 1. The van der Waals surface area contributed by atoms with Crippen molar-refractivity contribution in [2.24, 2.45) is 0 Å². The number of nitrogens with zero attached hydrogens (tertiary/aromatic N) is 2. The molecule has 0 bridgehead atoms. The molecule has 0 aliphatic carbocycles. The van der Waals surface area contributed by atoms with Crippen LogP contribution in [-0.2, 0) is 6.42 Å². The molecule has 0 amide bonds. The van der Waals surface area contributed by atoms with E-state index in [9.17, 15) is 10.1 Å². The third-order valence-electron chi connectivity index (χ3n) is 2.97. The molecule has 0 radical (unpaired) electrons. The number of nitro groups is 1. The summed E-state index contributed by atoms with van der Waals surface area (Å²) in [5.41, 5.74) is 2.66. The highest BCUT2D eigenvalue weighted by Crippen LogP contribution is 2.34. The van der Waals surface area contributed by atoms with Crippen LogP contribution in [0, 0.1) is 10.1 Å². The van der Waals surface area contributed by atoms with Crippen molar-refractivity contribution in [1.82, 2.24) is 4.98 Å². The number of thiazole rings is 1. The van der Waals surface area contributed by atoms with E-state index in [1.54, 1.807) is 22.9 Å². The largest absolute Gasteiger partial charge is 0.379 e. The molecule has 0 aliphatic heterocycles. The second kappa shape index (κ2) is 6.08. The molecule has 0 saturated carbocycles. The summed E-state index contributed by atoms with van der Waals surface area (Å²) in [6, 6.07) is 7.67. The van der Waals surface area contributed by atoms with Crippen LogP contribution >= 0.6 is 38.6 Å². The minimum atomic E-state index is -0.369. The monoisotopic (exact) mass is 383 g/mol. The summed E-state index contributed by atoms with van der Waals surface area (Å²) in [6.07, 6.45) is 0.822. The molecule has 108 valence electrons.